The molecule has 0 spiro atoms. The number of rotatable bonds is 18. The largest absolute Gasteiger partial charge is 0.619 e. The average molecular weight is 1040 g/mol. The summed E-state index contributed by atoms with van der Waals surface area (Å²) < 4.78 is 21.0. The molecule has 3 amide bonds. The van der Waals surface area contributed by atoms with Crippen LogP contribution in [0.4, 0.5) is 0 Å². The van der Waals surface area contributed by atoms with E-state index in [1.807, 2.05) is 69.8 Å². The van der Waals surface area contributed by atoms with Crippen molar-refractivity contribution in [3.05, 3.63) is 135 Å². The molecule has 2 aliphatic rings. The second-order valence-corrected chi connectivity index (χ2v) is 21.8. The highest BCUT2D eigenvalue weighted by Crippen LogP contribution is 2.34. The van der Waals surface area contributed by atoms with Gasteiger partial charge in [0.2, 0.25) is 17.7 Å². The fourth-order valence-corrected chi connectivity index (χ4v) is 9.91. The summed E-state index contributed by atoms with van der Waals surface area (Å²) in [7, 11) is 6.01. The maximum atomic E-state index is 14.9. The molecule has 0 radical (unpaired) electrons. The zero-order valence-electron chi connectivity index (χ0n) is 43.2. The van der Waals surface area contributed by atoms with Crippen molar-refractivity contribution in [2.75, 3.05) is 33.8 Å². The van der Waals surface area contributed by atoms with Crippen molar-refractivity contribution >= 4 is 46.9 Å². The third-order valence-corrected chi connectivity index (χ3v) is 13.7. The number of pyridine rings is 1. The Morgan fingerprint density at radius 1 is 0.986 bits per heavy atom. The van der Waals surface area contributed by atoms with Gasteiger partial charge in [0.25, 0.3) is 0 Å². The molecular weight excluding hydrogens is 972 g/mol. The van der Waals surface area contributed by atoms with Crippen LogP contribution in [0.15, 0.2) is 97.3 Å². The van der Waals surface area contributed by atoms with Crippen LogP contribution < -0.4 is 20.1 Å². The normalized spacial score (nSPS) is 18.6. The number of carbonyl (C=O) groups is 4. The van der Waals surface area contributed by atoms with E-state index < -0.39 is 46.7 Å². The first-order chi connectivity index (χ1) is 34.5. The summed E-state index contributed by atoms with van der Waals surface area (Å²) in [5.41, 5.74) is 0.976. The number of aromatic nitrogens is 3. The Hall–Kier alpha value is -6.04. The fraction of sp³-hybridized carbons (Fsp3) is 0.455. The van der Waals surface area contributed by atoms with Crippen molar-refractivity contribution in [1.29, 1.82) is 0 Å². The highest BCUT2D eigenvalue weighted by Gasteiger charge is 2.50. The summed E-state index contributed by atoms with van der Waals surface area (Å²) in [4.78, 5) is 67.3. The van der Waals surface area contributed by atoms with Crippen LogP contribution >= 0.6 is 23.2 Å². The molecule has 2 saturated heterocycles. The monoisotopic (exact) mass is 1040 g/mol. The quantitative estimate of drug-likeness (QED) is 0.0502. The number of benzene rings is 3. The SMILES string of the molecule is C[C@H](NCc1ccc(Cl)cc1Oc1ccc(-c2cnc(CN(C)C)n2C)cc1)C(=O)N1[C@H](C(=O)N[C@@]2(Cc3ccc(Cl)cc3)CCCN(C(=O)[C@@H](CC(=O)OC(C)(C)C)Cc3cccc[n+]3[O-])C2)COC1(C)C. The molecule has 7 rings (SSSR count). The standard InChI is InChI=1S/C55H68Cl2N8O8/c1-36(58-31-39-16-21-42(57)29-47(39)72-44-22-17-38(18-23-44)45-32-59-48(62(45)9)33-61(7)8)51(68)65-46(34-71-54(65,5)6)50(67)60-55(30-37-14-19-41(56)20-15-37)24-12-25-63(35-55)52(69)40(28-49(66)73-53(2,3)4)27-43-13-10-11-26-64(43)70/h10-11,13-23,26,29,32,36,40,46,58H,12,24-25,27-28,30-31,33-35H2,1-9H3,(H,60,67)/t36-,40+,46-,55+/m0/s1. The van der Waals surface area contributed by atoms with Gasteiger partial charge in [-0.05, 0) is 129 Å². The summed E-state index contributed by atoms with van der Waals surface area (Å²) in [6.07, 6.45) is 4.32. The highest BCUT2D eigenvalue weighted by atomic mass is 35.5. The summed E-state index contributed by atoms with van der Waals surface area (Å²) in [5, 5.41) is 20.5. The molecule has 0 aliphatic carbocycles. The molecule has 0 saturated carbocycles. The number of ether oxygens (including phenoxy) is 3. The van der Waals surface area contributed by atoms with E-state index in [0.29, 0.717) is 64.3 Å². The van der Waals surface area contributed by atoms with E-state index >= 15 is 0 Å². The smallest absolute Gasteiger partial charge is 0.307 e. The summed E-state index contributed by atoms with van der Waals surface area (Å²) in [6, 6.07) is 23.5. The van der Waals surface area contributed by atoms with E-state index in [1.165, 1.54) is 11.1 Å². The Kier molecular flexibility index (Phi) is 17.3. The third-order valence-electron chi connectivity index (χ3n) is 13.2. The number of carbonyl (C=O) groups excluding carboxylic acids is 4. The number of imidazole rings is 1. The van der Waals surface area contributed by atoms with Gasteiger partial charge in [0.05, 0.1) is 49.0 Å². The van der Waals surface area contributed by atoms with Gasteiger partial charge in [0.15, 0.2) is 11.9 Å². The van der Waals surface area contributed by atoms with Crippen LogP contribution in [0.1, 0.15) is 83.5 Å². The Morgan fingerprint density at radius 2 is 1.70 bits per heavy atom. The second-order valence-electron chi connectivity index (χ2n) is 21.0. The lowest BCUT2D eigenvalue weighted by Crippen LogP contribution is -2.65. The number of esters is 1. The predicted molar refractivity (Wildman–Crippen MR) is 279 cm³/mol. The van der Waals surface area contributed by atoms with E-state index in [1.54, 1.807) is 88.9 Å². The summed E-state index contributed by atoms with van der Waals surface area (Å²) in [5.74, 6) is -0.552. The lowest BCUT2D eigenvalue weighted by atomic mass is 9.82. The third kappa shape index (κ3) is 14.0. The first-order valence-corrected chi connectivity index (χ1v) is 25.4. The van der Waals surface area contributed by atoms with Crippen molar-refractivity contribution in [3.8, 4) is 22.8 Å². The van der Waals surface area contributed by atoms with Crippen LogP contribution in [0.2, 0.25) is 10.0 Å². The van der Waals surface area contributed by atoms with Gasteiger partial charge in [-0.15, -0.1) is 0 Å². The molecular formula is C55H68Cl2N8O8. The number of hydrogen-bond donors (Lipinski definition) is 2. The van der Waals surface area contributed by atoms with Gasteiger partial charge >= 0.3 is 5.97 Å². The molecule has 5 aromatic rings. The lowest BCUT2D eigenvalue weighted by molar-refractivity contribution is -0.614. The van der Waals surface area contributed by atoms with Crippen LogP contribution in [-0.4, -0.2) is 111 Å². The van der Waals surface area contributed by atoms with Crippen LogP contribution in [0, 0.1) is 11.1 Å². The van der Waals surface area contributed by atoms with Crippen molar-refractivity contribution < 1.29 is 38.1 Å². The van der Waals surface area contributed by atoms with Crippen molar-refractivity contribution in [1.82, 2.24) is 34.9 Å². The van der Waals surface area contributed by atoms with E-state index in [-0.39, 0.29) is 44.4 Å². The zero-order chi connectivity index (χ0) is 52.8. The maximum Gasteiger partial charge on any atom is 0.307 e. The molecule has 0 bridgehead atoms. The van der Waals surface area contributed by atoms with Crippen LogP contribution in [0.5, 0.6) is 11.5 Å². The Balaban J connectivity index is 1.07. The molecule has 73 heavy (non-hydrogen) atoms. The van der Waals surface area contributed by atoms with Gasteiger partial charge in [-0.25, -0.2) is 4.98 Å². The lowest BCUT2D eigenvalue weighted by Gasteiger charge is -2.45. The van der Waals surface area contributed by atoms with E-state index in [0.717, 1.165) is 28.2 Å². The highest BCUT2D eigenvalue weighted by molar-refractivity contribution is 6.31. The topological polar surface area (TPSA) is 175 Å². The van der Waals surface area contributed by atoms with Gasteiger partial charge in [-0.3, -0.25) is 24.1 Å². The minimum absolute atomic E-state index is 0.000776. The van der Waals surface area contributed by atoms with Gasteiger partial charge in [0, 0.05) is 66.4 Å². The first kappa shape index (κ1) is 54.7. The minimum atomic E-state index is -1.15. The molecule has 2 aliphatic heterocycles. The maximum absolute atomic E-state index is 14.9. The molecule has 2 N–H and O–H groups in total. The minimum Gasteiger partial charge on any atom is -0.619 e. The van der Waals surface area contributed by atoms with Crippen LogP contribution in [0.25, 0.3) is 11.3 Å². The second kappa shape index (κ2) is 23.0. The average Bonchev–Trinajstić information content (AvgIpc) is 3.85. The number of halogens is 2. The van der Waals surface area contributed by atoms with E-state index in [4.69, 9.17) is 37.4 Å². The number of nitrogens with one attached hydrogen (secondary N) is 2. The van der Waals surface area contributed by atoms with Gasteiger partial charge in [-0.2, -0.15) is 4.73 Å². The number of hydrogen-bond acceptors (Lipinski definition) is 11. The number of likely N-dealkylation sites (tertiary alicyclic amines) is 1. The van der Waals surface area contributed by atoms with Crippen LogP contribution in [-0.2, 0) is 61.6 Å². The van der Waals surface area contributed by atoms with E-state index in [2.05, 4.69) is 25.1 Å². The zero-order valence-corrected chi connectivity index (χ0v) is 44.8. The molecule has 16 nitrogen and oxygen atoms in total. The molecule has 18 heteroatoms. The van der Waals surface area contributed by atoms with Crippen LogP contribution in [0.3, 0.4) is 0 Å². The van der Waals surface area contributed by atoms with Crippen molar-refractivity contribution in [2.45, 2.75) is 116 Å². The first-order valence-electron chi connectivity index (χ1n) is 24.7. The number of amides is 3. The predicted octanol–water partition coefficient (Wildman–Crippen LogP) is 7.63. The van der Waals surface area contributed by atoms with Gasteiger partial charge < -0.3 is 44.4 Å². The van der Waals surface area contributed by atoms with Gasteiger partial charge in [0.1, 0.15) is 34.7 Å². The summed E-state index contributed by atoms with van der Waals surface area (Å²) in [6.45, 7) is 11.9. The Labute approximate surface area is 438 Å². The van der Waals surface area contributed by atoms with E-state index in [9.17, 15) is 24.4 Å². The molecule has 390 valence electrons. The number of nitrogens with zero attached hydrogens (tertiary/aromatic N) is 6. The molecule has 4 heterocycles. The van der Waals surface area contributed by atoms with Crippen molar-refractivity contribution in [3.63, 3.8) is 0 Å². The Morgan fingerprint density at radius 3 is 2.38 bits per heavy atom. The van der Waals surface area contributed by atoms with Crippen molar-refractivity contribution in [2.24, 2.45) is 13.0 Å². The van der Waals surface area contributed by atoms with Gasteiger partial charge in [-0.1, -0.05) is 47.5 Å². The molecule has 2 fully saturated rings. The molecule has 0 unspecified atom stereocenters. The Bertz CT molecular complexity index is 2760. The molecule has 2 aromatic heterocycles. The fourth-order valence-electron chi connectivity index (χ4n) is 9.62. The number of piperidine rings is 1. The molecule has 4 atom stereocenters. The molecule has 3 aromatic carbocycles. The summed E-state index contributed by atoms with van der Waals surface area (Å²) >= 11 is 12.8.